The summed E-state index contributed by atoms with van der Waals surface area (Å²) in [5.41, 5.74) is 4.62. The van der Waals surface area contributed by atoms with Gasteiger partial charge in [0.25, 0.3) is 0 Å². The van der Waals surface area contributed by atoms with E-state index in [1.54, 1.807) is 14.0 Å². The molecule has 0 spiro atoms. The molecule has 2 atom stereocenters. The Labute approximate surface area is 104 Å². The van der Waals surface area contributed by atoms with Gasteiger partial charge in [-0.2, -0.15) is 0 Å². The minimum absolute atomic E-state index is 0.0456. The van der Waals surface area contributed by atoms with Crippen molar-refractivity contribution in [1.82, 2.24) is 5.32 Å². The fourth-order valence-corrected chi connectivity index (χ4v) is 1.49. The summed E-state index contributed by atoms with van der Waals surface area (Å²) in [5.74, 6) is -0.367. The van der Waals surface area contributed by atoms with Gasteiger partial charge in [-0.3, -0.25) is 4.79 Å². The van der Waals surface area contributed by atoms with E-state index in [9.17, 15) is 4.79 Å². The number of likely N-dealkylation sites (N-methyl/N-ethyl adjacent to an activating group) is 1. The number of hydrogen-bond donors (Lipinski definition) is 2. The number of hydrogen-bond acceptors (Lipinski definition) is 4. The van der Waals surface area contributed by atoms with Crippen molar-refractivity contribution in [2.24, 2.45) is 5.73 Å². The lowest BCUT2D eigenvalue weighted by Gasteiger charge is -2.28. The summed E-state index contributed by atoms with van der Waals surface area (Å²) in [6.07, 6.45) is 0.707. The van der Waals surface area contributed by atoms with Gasteiger partial charge in [-0.1, -0.05) is 0 Å². The van der Waals surface area contributed by atoms with Crippen molar-refractivity contribution >= 4 is 5.91 Å². The number of carbonyl (C=O) groups excluding carboxylic acids is 1. The van der Waals surface area contributed by atoms with Gasteiger partial charge in [0.05, 0.1) is 31.0 Å². The van der Waals surface area contributed by atoms with Crippen LogP contribution < -0.4 is 11.1 Å². The molecular formula is C12H26N2O3. The van der Waals surface area contributed by atoms with Gasteiger partial charge in [0.2, 0.25) is 5.91 Å². The van der Waals surface area contributed by atoms with Crippen molar-refractivity contribution in [3.05, 3.63) is 0 Å². The molecule has 0 fully saturated rings. The number of ether oxygens (including phenoxy) is 2. The van der Waals surface area contributed by atoms with Crippen molar-refractivity contribution in [1.29, 1.82) is 0 Å². The van der Waals surface area contributed by atoms with E-state index in [0.717, 1.165) is 0 Å². The quantitative estimate of drug-likeness (QED) is 0.586. The fourth-order valence-electron chi connectivity index (χ4n) is 1.49. The average molecular weight is 246 g/mol. The molecule has 17 heavy (non-hydrogen) atoms. The second-order valence-corrected chi connectivity index (χ2v) is 4.75. The van der Waals surface area contributed by atoms with E-state index in [1.807, 2.05) is 20.8 Å². The topological polar surface area (TPSA) is 73.6 Å². The van der Waals surface area contributed by atoms with Crippen LogP contribution in [-0.2, 0) is 14.3 Å². The number of nitrogens with two attached hydrogens (primary N) is 1. The lowest BCUT2D eigenvalue weighted by atomic mass is 9.94. The minimum atomic E-state index is -0.724. The molecule has 0 aliphatic carbocycles. The molecule has 0 saturated heterocycles. The molecule has 0 aromatic carbocycles. The third kappa shape index (κ3) is 6.61. The first-order valence-corrected chi connectivity index (χ1v) is 6.04. The van der Waals surface area contributed by atoms with Gasteiger partial charge in [0.15, 0.2) is 0 Å². The van der Waals surface area contributed by atoms with Crippen molar-refractivity contribution in [2.75, 3.05) is 20.3 Å². The van der Waals surface area contributed by atoms with Crippen molar-refractivity contribution in [3.8, 4) is 0 Å². The third-order valence-corrected chi connectivity index (χ3v) is 2.73. The number of amides is 1. The zero-order valence-electron chi connectivity index (χ0n) is 11.6. The predicted octanol–water partition coefficient (Wildman–Crippen LogP) is 0.670. The maximum atomic E-state index is 11.3. The number of rotatable bonds is 9. The maximum absolute atomic E-state index is 11.3. The molecule has 0 aliphatic heterocycles. The van der Waals surface area contributed by atoms with E-state index in [-0.39, 0.29) is 18.1 Å². The minimum Gasteiger partial charge on any atom is -0.376 e. The first kappa shape index (κ1) is 16.4. The van der Waals surface area contributed by atoms with Crippen LogP contribution in [0.25, 0.3) is 0 Å². The molecule has 5 nitrogen and oxygen atoms in total. The van der Waals surface area contributed by atoms with Crippen LogP contribution >= 0.6 is 0 Å². The molecule has 102 valence electrons. The van der Waals surface area contributed by atoms with Crippen LogP contribution in [0.4, 0.5) is 0 Å². The first-order chi connectivity index (χ1) is 7.81. The molecule has 0 aromatic heterocycles. The lowest BCUT2D eigenvalue weighted by Crippen LogP contribution is -2.53. The molecule has 3 N–H and O–H groups in total. The molecule has 0 saturated carbocycles. The van der Waals surface area contributed by atoms with Crippen LogP contribution in [0.1, 0.15) is 34.1 Å². The van der Waals surface area contributed by atoms with E-state index in [0.29, 0.717) is 19.6 Å². The van der Waals surface area contributed by atoms with Crippen LogP contribution in [0.3, 0.4) is 0 Å². The Morgan fingerprint density at radius 3 is 2.24 bits per heavy atom. The van der Waals surface area contributed by atoms with E-state index in [1.165, 1.54) is 0 Å². The highest BCUT2D eigenvalue weighted by atomic mass is 16.5. The molecule has 1 amide bonds. The second kappa shape index (κ2) is 7.63. The summed E-state index contributed by atoms with van der Waals surface area (Å²) < 4.78 is 10.9. The Morgan fingerprint density at radius 1 is 1.29 bits per heavy atom. The van der Waals surface area contributed by atoms with Gasteiger partial charge in [-0.15, -0.1) is 0 Å². The van der Waals surface area contributed by atoms with Crippen molar-refractivity contribution < 1.29 is 14.3 Å². The smallest absolute Gasteiger partial charge is 0.237 e. The van der Waals surface area contributed by atoms with Crippen molar-refractivity contribution in [3.63, 3.8) is 0 Å². The van der Waals surface area contributed by atoms with Gasteiger partial charge in [-0.05, 0) is 34.7 Å². The zero-order valence-corrected chi connectivity index (χ0v) is 11.6. The largest absolute Gasteiger partial charge is 0.376 e. The van der Waals surface area contributed by atoms with Gasteiger partial charge in [-0.25, -0.2) is 0 Å². The highest BCUT2D eigenvalue weighted by molar-refractivity contribution is 5.84. The third-order valence-electron chi connectivity index (χ3n) is 2.73. The lowest BCUT2D eigenvalue weighted by molar-refractivity contribution is -0.125. The number of carbonyl (C=O) groups is 1. The Kier molecular flexibility index (Phi) is 7.34. The predicted molar refractivity (Wildman–Crippen MR) is 67.8 cm³/mol. The van der Waals surface area contributed by atoms with Gasteiger partial charge >= 0.3 is 0 Å². The van der Waals surface area contributed by atoms with Crippen LogP contribution in [0.5, 0.6) is 0 Å². The number of primary amides is 1. The van der Waals surface area contributed by atoms with Crippen molar-refractivity contribution in [2.45, 2.75) is 51.9 Å². The summed E-state index contributed by atoms with van der Waals surface area (Å²) in [7, 11) is 1.72. The molecule has 0 bridgehead atoms. The molecule has 2 unspecified atom stereocenters. The van der Waals surface area contributed by atoms with Crippen LogP contribution in [0, 0.1) is 0 Å². The fraction of sp³-hybridized carbons (Fsp3) is 0.917. The normalized spacial score (nSPS) is 16.8. The molecular weight excluding hydrogens is 220 g/mol. The monoisotopic (exact) mass is 246 g/mol. The molecule has 0 aliphatic rings. The molecule has 0 radical (unpaired) electrons. The van der Waals surface area contributed by atoms with Gasteiger partial charge < -0.3 is 20.5 Å². The number of nitrogens with one attached hydrogen (secondary N) is 1. The standard InChI is InChI=1S/C12H26N2O3/c1-9(2)16-6-7-17-10(3)8-12(4,14-5)11(13)15/h9-10,14H,6-8H2,1-5H3,(H2,13,15). The highest BCUT2D eigenvalue weighted by Crippen LogP contribution is 2.13. The molecule has 0 rings (SSSR count). The summed E-state index contributed by atoms with van der Waals surface area (Å²) in [4.78, 5) is 11.3. The molecule has 0 heterocycles. The summed E-state index contributed by atoms with van der Waals surface area (Å²) in [6, 6.07) is 0. The Bertz CT molecular complexity index is 234. The highest BCUT2D eigenvalue weighted by Gasteiger charge is 2.31. The van der Waals surface area contributed by atoms with E-state index >= 15 is 0 Å². The van der Waals surface area contributed by atoms with Crippen LogP contribution in [0.2, 0.25) is 0 Å². The van der Waals surface area contributed by atoms with Gasteiger partial charge in [0.1, 0.15) is 0 Å². The maximum Gasteiger partial charge on any atom is 0.237 e. The second-order valence-electron chi connectivity index (χ2n) is 4.75. The summed E-state index contributed by atoms with van der Waals surface area (Å²) >= 11 is 0. The van der Waals surface area contributed by atoms with Crippen LogP contribution in [-0.4, -0.2) is 43.9 Å². The summed E-state index contributed by atoms with van der Waals surface area (Å²) in [5, 5.41) is 2.93. The summed E-state index contributed by atoms with van der Waals surface area (Å²) in [6.45, 7) is 8.75. The van der Waals surface area contributed by atoms with Crippen LogP contribution in [0.15, 0.2) is 0 Å². The van der Waals surface area contributed by atoms with Gasteiger partial charge in [0, 0.05) is 6.42 Å². The molecule has 0 aromatic rings. The Balaban J connectivity index is 3.92. The van der Waals surface area contributed by atoms with E-state index in [2.05, 4.69) is 5.32 Å². The van der Waals surface area contributed by atoms with E-state index in [4.69, 9.17) is 15.2 Å². The SMILES string of the molecule is CNC(C)(CC(C)OCCOC(C)C)C(N)=O. The zero-order chi connectivity index (χ0) is 13.5. The molecule has 5 heteroatoms. The van der Waals surface area contributed by atoms with E-state index < -0.39 is 5.54 Å². The average Bonchev–Trinajstić information content (AvgIpc) is 2.23. The Hall–Kier alpha value is -0.650. The Morgan fingerprint density at radius 2 is 1.82 bits per heavy atom. The first-order valence-electron chi connectivity index (χ1n) is 6.04.